The third kappa shape index (κ3) is 4.54. The Morgan fingerprint density at radius 3 is 2.60 bits per heavy atom. The molecule has 0 bridgehead atoms. The maximum absolute atomic E-state index is 13.1. The third-order valence-electron chi connectivity index (χ3n) is 4.06. The van der Waals surface area contributed by atoms with Gasteiger partial charge in [0.05, 0.1) is 19.1 Å². The van der Waals surface area contributed by atoms with Crippen molar-refractivity contribution in [2.24, 2.45) is 0 Å². The number of carbonyl (C=O) groups excluding carboxylic acids is 1. The van der Waals surface area contributed by atoms with Crippen LogP contribution < -0.4 is 15.4 Å². The molecule has 2 aromatic rings. The van der Waals surface area contributed by atoms with Crippen LogP contribution in [-0.2, 0) is 4.79 Å². The number of ether oxygens (including phenoxy) is 1. The summed E-state index contributed by atoms with van der Waals surface area (Å²) in [6.07, 6.45) is -0.462. The van der Waals surface area contributed by atoms with Gasteiger partial charge in [0.1, 0.15) is 12.4 Å². The second-order valence-corrected chi connectivity index (χ2v) is 6.00. The van der Waals surface area contributed by atoms with Crippen molar-refractivity contribution in [3.05, 3.63) is 54.6 Å². The van der Waals surface area contributed by atoms with Gasteiger partial charge in [0.25, 0.3) is 5.92 Å². The number of hydrogen-bond donors (Lipinski definition) is 2. The van der Waals surface area contributed by atoms with Crippen molar-refractivity contribution >= 4 is 5.91 Å². The molecule has 0 spiro atoms. The normalized spacial score (nSPS) is 18.7. The first-order valence-electron chi connectivity index (χ1n) is 8.21. The van der Waals surface area contributed by atoms with Crippen LogP contribution in [0.4, 0.5) is 8.78 Å². The predicted octanol–water partition coefficient (Wildman–Crippen LogP) is 2.85. The lowest BCUT2D eigenvalue weighted by atomic mass is 10.1. The minimum absolute atomic E-state index is 0.256. The molecule has 1 unspecified atom stereocenters. The first kappa shape index (κ1) is 17.4. The summed E-state index contributed by atoms with van der Waals surface area (Å²) in [5, 5.41) is 5.17. The van der Waals surface area contributed by atoms with Crippen molar-refractivity contribution < 1.29 is 18.3 Å². The Balaban J connectivity index is 1.51. The van der Waals surface area contributed by atoms with E-state index in [0.29, 0.717) is 5.75 Å². The first-order chi connectivity index (χ1) is 12.1. The van der Waals surface area contributed by atoms with E-state index in [0.717, 1.165) is 11.1 Å². The molecule has 1 saturated heterocycles. The second kappa shape index (κ2) is 7.61. The summed E-state index contributed by atoms with van der Waals surface area (Å²) in [5.41, 5.74) is 2.01. The summed E-state index contributed by atoms with van der Waals surface area (Å²) < 4.78 is 32.0. The van der Waals surface area contributed by atoms with Gasteiger partial charge >= 0.3 is 0 Å². The molecule has 2 aromatic carbocycles. The average molecular weight is 346 g/mol. The number of amides is 1. The van der Waals surface area contributed by atoms with Gasteiger partial charge in [-0.3, -0.25) is 10.1 Å². The SMILES string of the molecule is O=C(NCCOc1ccccc1-c1ccccc1)C1CC(F)(F)CN1. The fraction of sp³-hybridized carbons (Fsp3) is 0.316. The van der Waals surface area contributed by atoms with Crippen molar-refractivity contribution in [1.29, 1.82) is 0 Å². The monoisotopic (exact) mass is 346 g/mol. The third-order valence-corrected chi connectivity index (χ3v) is 4.06. The predicted molar refractivity (Wildman–Crippen MR) is 91.7 cm³/mol. The minimum Gasteiger partial charge on any atom is -0.491 e. The van der Waals surface area contributed by atoms with Crippen molar-refractivity contribution in [2.75, 3.05) is 19.7 Å². The van der Waals surface area contributed by atoms with Crippen LogP contribution in [0.15, 0.2) is 54.6 Å². The van der Waals surface area contributed by atoms with Gasteiger partial charge in [0.2, 0.25) is 5.91 Å². The second-order valence-electron chi connectivity index (χ2n) is 6.00. The largest absolute Gasteiger partial charge is 0.491 e. The van der Waals surface area contributed by atoms with Crippen molar-refractivity contribution in [3.8, 4) is 16.9 Å². The molecule has 132 valence electrons. The fourth-order valence-electron chi connectivity index (χ4n) is 2.81. The molecule has 1 atom stereocenters. The summed E-state index contributed by atoms with van der Waals surface area (Å²) in [4.78, 5) is 11.9. The van der Waals surface area contributed by atoms with E-state index >= 15 is 0 Å². The molecule has 2 N–H and O–H groups in total. The van der Waals surface area contributed by atoms with E-state index in [1.54, 1.807) is 0 Å². The summed E-state index contributed by atoms with van der Waals surface area (Å²) in [6.45, 7) is 0.0659. The van der Waals surface area contributed by atoms with E-state index in [1.807, 2.05) is 54.6 Å². The lowest BCUT2D eigenvalue weighted by Crippen LogP contribution is -2.41. The highest BCUT2D eigenvalue weighted by Crippen LogP contribution is 2.29. The maximum atomic E-state index is 13.1. The van der Waals surface area contributed by atoms with Crippen LogP contribution in [0.2, 0.25) is 0 Å². The topological polar surface area (TPSA) is 50.4 Å². The van der Waals surface area contributed by atoms with Gasteiger partial charge in [0, 0.05) is 12.0 Å². The number of hydrogen-bond acceptors (Lipinski definition) is 3. The number of carbonyl (C=O) groups is 1. The highest BCUT2D eigenvalue weighted by Gasteiger charge is 2.42. The van der Waals surface area contributed by atoms with Crippen molar-refractivity contribution in [3.63, 3.8) is 0 Å². The Labute approximate surface area is 145 Å². The zero-order valence-electron chi connectivity index (χ0n) is 13.7. The Hall–Kier alpha value is -2.47. The Kier molecular flexibility index (Phi) is 5.28. The number of rotatable bonds is 6. The van der Waals surface area contributed by atoms with Gasteiger partial charge in [-0.05, 0) is 11.6 Å². The van der Waals surface area contributed by atoms with E-state index in [9.17, 15) is 13.6 Å². The van der Waals surface area contributed by atoms with E-state index in [2.05, 4.69) is 10.6 Å². The standard InChI is InChI=1S/C19H20F2N2O2/c20-19(21)12-16(23-13-19)18(24)22-10-11-25-17-9-5-4-8-15(17)14-6-2-1-3-7-14/h1-9,16,23H,10-13H2,(H,22,24). The molecule has 1 heterocycles. The average Bonchev–Trinajstić information content (AvgIpc) is 3.00. The van der Waals surface area contributed by atoms with Gasteiger partial charge in [-0.25, -0.2) is 8.78 Å². The molecular weight excluding hydrogens is 326 g/mol. The van der Waals surface area contributed by atoms with Crippen LogP contribution >= 0.6 is 0 Å². The molecule has 1 aliphatic rings. The van der Waals surface area contributed by atoms with Crippen LogP contribution in [-0.4, -0.2) is 37.6 Å². The molecule has 25 heavy (non-hydrogen) atoms. The fourth-order valence-corrected chi connectivity index (χ4v) is 2.81. The number of para-hydroxylation sites is 1. The highest BCUT2D eigenvalue weighted by molar-refractivity contribution is 5.82. The molecule has 1 amide bonds. The molecule has 0 aromatic heterocycles. The van der Waals surface area contributed by atoms with Gasteiger partial charge in [-0.2, -0.15) is 0 Å². The van der Waals surface area contributed by atoms with Crippen molar-refractivity contribution in [2.45, 2.75) is 18.4 Å². The molecule has 3 rings (SSSR count). The molecule has 1 aliphatic heterocycles. The van der Waals surface area contributed by atoms with Crippen LogP contribution in [0.5, 0.6) is 5.75 Å². The molecular formula is C19H20F2N2O2. The maximum Gasteiger partial charge on any atom is 0.262 e. The van der Waals surface area contributed by atoms with E-state index < -0.39 is 30.8 Å². The molecule has 1 fully saturated rings. The van der Waals surface area contributed by atoms with E-state index in [4.69, 9.17) is 4.74 Å². The van der Waals surface area contributed by atoms with Crippen molar-refractivity contribution in [1.82, 2.24) is 10.6 Å². The lowest BCUT2D eigenvalue weighted by molar-refractivity contribution is -0.123. The quantitative estimate of drug-likeness (QED) is 0.791. The number of benzene rings is 2. The Morgan fingerprint density at radius 1 is 1.16 bits per heavy atom. The van der Waals surface area contributed by atoms with Gasteiger partial charge in [-0.15, -0.1) is 0 Å². The lowest BCUT2D eigenvalue weighted by Gasteiger charge is -2.14. The summed E-state index contributed by atoms with van der Waals surface area (Å²) in [7, 11) is 0. The van der Waals surface area contributed by atoms with Gasteiger partial charge in [-0.1, -0.05) is 48.5 Å². The molecule has 0 saturated carbocycles. The zero-order valence-corrected chi connectivity index (χ0v) is 13.7. The van der Waals surface area contributed by atoms with E-state index in [-0.39, 0.29) is 13.2 Å². The summed E-state index contributed by atoms with van der Waals surface area (Å²) >= 11 is 0. The zero-order chi connectivity index (χ0) is 17.7. The molecule has 0 radical (unpaired) electrons. The van der Waals surface area contributed by atoms with Crippen LogP contribution in [0.3, 0.4) is 0 Å². The van der Waals surface area contributed by atoms with Gasteiger partial charge in [0.15, 0.2) is 0 Å². The highest BCUT2D eigenvalue weighted by atomic mass is 19.3. The molecule has 0 aliphatic carbocycles. The Morgan fingerprint density at radius 2 is 1.88 bits per heavy atom. The smallest absolute Gasteiger partial charge is 0.262 e. The summed E-state index contributed by atoms with van der Waals surface area (Å²) in [5.74, 6) is -2.52. The minimum atomic E-state index is -2.81. The number of nitrogens with one attached hydrogen (secondary N) is 2. The Bertz CT molecular complexity index is 722. The first-order valence-corrected chi connectivity index (χ1v) is 8.21. The number of halogens is 2. The van der Waals surface area contributed by atoms with Gasteiger partial charge < -0.3 is 10.1 Å². The molecule has 4 nitrogen and oxygen atoms in total. The van der Waals surface area contributed by atoms with Crippen LogP contribution in [0, 0.1) is 0 Å². The van der Waals surface area contributed by atoms with Crippen LogP contribution in [0.25, 0.3) is 11.1 Å². The van der Waals surface area contributed by atoms with E-state index in [1.165, 1.54) is 0 Å². The summed E-state index contributed by atoms with van der Waals surface area (Å²) in [6, 6.07) is 16.7. The molecule has 6 heteroatoms. The van der Waals surface area contributed by atoms with Crippen LogP contribution in [0.1, 0.15) is 6.42 Å². The number of alkyl halides is 2.